The lowest BCUT2D eigenvalue weighted by Crippen LogP contribution is -2.01. The third-order valence-corrected chi connectivity index (χ3v) is 2.90. The molecule has 0 heterocycles. The third-order valence-electron chi connectivity index (χ3n) is 1.94. The minimum atomic E-state index is -3.78. The van der Waals surface area contributed by atoms with E-state index in [1.807, 2.05) is 0 Å². The Labute approximate surface area is 98.0 Å². The van der Waals surface area contributed by atoms with Gasteiger partial charge in [0.25, 0.3) is 0 Å². The number of hydrogen-bond donors (Lipinski definition) is 1. The Kier molecular flexibility index (Phi) is 3.88. The molecule has 1 aromatic carbocycles. The van der Waals surface area contributed by atoms with Crippen LogP contribution < -0.4 is 9.47 Å². The SMILES string of the molecule is COc1ccc(O)c(CS(=O)(=O)Cl)c1OC. The van der Waals surface area contributed by atoms with Crippen LogP contribution in [-0.2, 0) is 14.8 Å². The number of rotatable bonds is 4. The van der Waals surface area contributed by atoms with E-state index in [0.29, 0.717) is 5.75 Å². The Hall–Kier alpha value is -1.14. The Morgan fingerprint density at radius 1 is 1.31 bits per heavy atom. The fraction of sp³-hybridized carbons (Fsp3) is 0.333. The number of aromatic hydroxyl groups is 1. The predicted octanol–water partition coefficient (Wildman–Crippen LogP) is 1.48. The molecule has 1 N–H and O–H groups in total. The van der Waals surface area contributed by atoms with Crippen molar-refractivity contribution < 1.29 is 23.0 Å². The highest BCUT2D eigenvalue weighted by Crippen LogP contribution is 2.38. The van der Waals surface area contributed by atoms with Crippen LogP contribution in [0.2, 0.25) is 0 Å². The molecular weight excluding hydrogens is 256 g/mol. The van der Waals surface area contributed by atoms with E-state index in [0.717, 1.165) is 0 Å². The highest BCUT2D eigenvalue weighted by atomic mass is 35.7. The summed E-state index contributed by atoms with van der Waals surface area (Å²) in [5, 5.41) is 9.55. The molecule has 1 aromatic rings. The zero-order valence-electron chi connectivity index (χ0n) is 8.73. The lowest BCUT2D eigenvalue weighted by atomic mass is 10.2. The molecule has 0 aliphatic rings. The Balaban J connectivity index is 3.34. The first-order valence-electron chi connectivity index (χ1n) is 4.24. The van der Waals surface area contributed by atoms with Crippen LogP contribution in [0.3, 0.4) is 0 Å². The summed E-state index contributed by atoms with van der Waals surface area (Å²) in [7, 11) is 4.11. The van der Waals surface area contributed by atoms with Crippen molar-refractivity contribution in [1.29, 1.82) is 0 Å². The molecule has 1 rings (SSSR count). The van der Waals surface area contributed by atoms with Gasteiger partial charge in [0.05, 0.1) is 25.5 Å². The normalized spacial score (nSPS) is 11.2. The van der Waals surface area contributed by atoms with Crippen LogP contribution in [0.5, 0.6) is 17.2 Å². The lowest BCUT2D eigenvalue weighted by molar-refractivity contribution is 0.348. The summed E-state index contributed by atoms with van der Waals surface area (Å²) in [4.78, 5) is 0. The van der Waals surface area contributed by atoms with Crippen LogP contribution in [0, 0.1) is 0 Å². The highest BCUT2D eigenvalue weighted by molar-refractivity contribution is 8.13. The topological polar surface area (TPSA) is 72.8 Å². The first kappa shape index (κ1) is 12.9. The van der Waals surface area contributed by atoms with Gasteiger partial charge in [0, 0.05) is 10.7 Å². The second-order valence-corrected chi connectivity index (χ2v) is 5.76. The smallest absolute Gasteiger partial charge is 0.237 e. The van der Waals surface area contributed by atoms with Crippen LogP contribution in [0.1, 0.15) is 5.56 Å². The van der Waals surface area contributed by atoms with E-state index in [1.54, 1.807) is 0 Å². The van der Waals surface area contributed by atoms with Crippen molar-refractivity contribution in [2.45, 2.75) is 5.75 Å². The lowest BCUT2D eigenvalue weighted by Gasteiger charge is -2.12. The molecule has 0 saturated heterocycles. The third kappa shape index (κ3) is 2.93. The zero-order chi connectivity index (χ0) is 12.3. The number of hydrogen-bond acceptors (Lipinski definition) is 5. The van der Waals surface area contributed by atoms with Crippen LogP contribution in [0.4, 0.5) is 0 Å². The fourth-order valence-electron chi connectivity index (χ4n) is 1.29. The van der Waals surface area contributed by atoms with Crippen LogP contribution in [0.15, 0.2) is 12.1 Å². The molecule has 0 amide bonds. The van der Waals surface area contributed by atoms with Crippen LogP contribution >= 0.6 is 10.7 Å². The highest BCUT2D eigenvalue weighted by Gasteiger charge is 2.19. The van der Waals surface area contributed by atoms with Crippen molar-refractivity contribution >= 4 is 19.7 Å². The Morgan fingerprint density at radius 3 is 2.38 bits per heavy atom. The summed E-state index contributed by atoms with van der Waals surface area (Å²) >= 11 is 0. The van der Waals surface area contributed by atoms with Gasteiger partial charge in [0.2, 0.25) is 9.05 Å². The molecule has 0 aromatic heterocycles. The molecule has 0 fully saturated rings. The molecule has 16 heavy (non-hydrogen) atoms. The van der Waals surface area contributed by atoms with Gasteiger partial charge in [0.1, 0.15) is 5.75 Å². The van der Waals surface area contributed by atoms with Crippen molar-refractivity contribution in [2.24, 2.45) is 0 Å². The van der Waals surface area contributed by atoms with Crippen molar-refractivity contribution in [2.75, 3.05) is 14.2 Å². The number of ether oxygens (including phenoxy) is 2. The van der Waals surface area contributed by atoms with E-state index >= 15 is 0 Å². The van der Waals surface area contributed by atoms with Crippen molar-refractivity contribution in [3.05, 3.63) is 17.7 Å². The summed E-state index contributed by atoms with van der Waals surface area (Å²) in [5.74, 6) is -0.245. The van der Waals surface area contributed by atoms with E-state index in [4.69, 9.17) is 20.2 Å². The molecular formula is C9H11ClO5S. The molecule has 0 saturated carbocycles. The van der Waals surface area contributed by atoms with Crippen LogP contribution in [0.25, 0.3) is 0 Å². The standard InChI is InChI=1S/C9H11ClO5S/c1-14-8-4-3-7(11)6(9(8)15-2)5-16(10,12)13/h3-4,11H,5H2,1-2H3. The number of phenolic OH excluding ortho intramolecular Hbond substituents is 1. The maximum absolute atomic E-state index is 11.0. The summed E-state index contributed by atoms with van der Waals surface area (Å²) in [6.07, 6.45) is 0. The van der Waals surface area contributed by atoms with Crippen molar-refractivity contribution in [1.82, 2.24) is 0 Å². The Morgan fingerprint density at radius 2 is 1.94 bits per heavy atom. The number of phenols is 1. The quantitative estimate of drug-likeness (QED) is 0.836. The largest absolute Gasteiger partial charge is 0.507 e. The van der Waals surface area contributed by atoms with Gasteiger partial charge in [-0.15, -0.1) is 0 Å². The number of benzene rings is 1. The molecule has 90 valence electrons. The molecule has 7 heteroatoms. The summed E-state index contributed by atoms with van der Waals surface area (Å²) in [6.45, 7) is 0. The van der Waals surface area contributed by atoms with E-state index < -0.39 is 14.8 Å². The maximum Gasteiger partial charge on any atom is 0.237 e. The van der Waals surface area contributed by atoms with Gasteiger partial charge in [0.15, 0.2) is 11.5 Å². The first-order chi connectivity index (χ1) is 7.39. The predicted molar refractivity (Wildman–Crippen MR) is 59.7 cm³/mol. The van der Waals surface area contributed by atoms with Crippen molar-refractivity contribution in [3.63, 3.8) is 0 Å². The molecule has 0 radical (unpaired) electrons. The van der Waals surface area contributed by atoms with Crippen molar-refractivity contribution in [3.8, 4) is 17.2 Å². The molecule has 0 atom stereocenters. The van der Waals surface area contributed by atoms with Gasteiger partial charge < -0.3 is 14.6 Å². The second-order valence-electron chi connectivity index (χ2n) is 2.98. The molecule has 0 aliphatic carbocycles. The van der Waals surface area contributed by atoms with E-state index in [2.05, 4.69) is 0 Å². The zero-order valence-corrected chi connectivity index (χ0v) is 10.3. The maximum atomic E-state index is 11.0. The fourth-order valence-corrected chi connectivity index (χ4v) is 2.24. The molecule has 0 aliphatic heterocycles. The summed E-state index contributed by atoms with van der Waals surface area (Å²) in [6, 6.07) is 2.79. The van der Waals surface area contributed by atoms with E-state index in [1.165, 1.54) is 26.4 Å². The van der Waals surface area contributed by atoms with Gasteiger partial charge in [-0.2, -0.15) is 0 Å². The van der Waals surface area contributed by atoms with Gasteiger partial charge in [-0.1, -0.05) is 0 Å². The van der Waals surface area contributed by atoms with Gasteiger partial charge in [-0.3, -0.25) is 0 Å². The second kappa shape index (κ2) is 4.80. The van der Waals surface area contributed by atoms with Crippen LogP contribution in [-0.4, -0.2) is 27.7 Å². The number of halogens is 1. The average Bonchev–Trinajstić information content (AvgIpc) is 2.19. The summed E-state index contributed by atoms with van der Waals surface area (Å²) in [5.41, 5.74) is 0.0804. The molecule has 0 unspecified atom stereocenters. The van der Waals surface area contributed by atoms with Gasteiger partial charge in [-0.05, 0) is 12.1 Å². The van der Waals surface area contributed by atoms with E-state index in [9.17, 15) is 13.5 Å². The Bertz CT molecular complexity index is 483. The van der Waals surface area contributed by atoms with Gasteiger partial charge in [-0.25, -0.2) is 8.42 Å². The number of methoxy groups -OCH3 is 2. The monoisotopic (exact) mass is 266 g/mol. The summed E-state index contributed by atoms with van der Waals surface area (Å²) < 4.78 is 31.9. The van der Waals surface area contributed by atoms with E-state index in [-0.39, 0.29) is 17.1 Å². The molecule has 5 nitrogen and oxygen atoms in total. The molecule has 0 spiro atoms. The minimum absolute atomic E-state index is 0.0804. The molecule has 0 bridgehead atoms. The average molecular weight is 267 g/mol. The van der Waals surface area contributed by atoms with Gasteiger partial charge >= 0.3 is 0 Å². The minimum Gasteiger partial charge on any atom is -0.507 e. The first-order valence-corrected chi connectivity index (χ1v) is 6.72.